The van der Waals surface area contributed by atoms with Crippen LogP contribution in [0, 0.1) is 0 Å². The molecule has 1 aromatic carbocycles. The zero-order valence-corrected chi connectivity index (χ0v) is 10.7. The van der Waals surface area contributed by atoms with Crippen LogP contribution in [0.5, 0.6) is 5.88 Å². The Morgan fingerprint density at radius 3 is 2.63 bits per heavy atom. The maximum absolute atomic E-state index is 11.2. The number of benzene rings is 1. The van der Waals surface area contributed by atoms with E-state index in [1.165, 1.54) is 0 Å². The van der Waals surface area contributed by atoms with E-state index in [1.807, 2.05) is 6.07 Å². The van der Waals surface area contributed by atoms with E-state index in [0.29, 0.717) is 5.56 Å². The van der Waals surface area contributed by atoms with Crippen LogP contribution < -0.4 is 10.5 Å². The SMILES string of the molecule is Cl.NCCOc1noc(-c2ccccc2)c1C(=O)O. The van der Waals surface area contributed by atoms with Crippen molar-refractivity contribution in [3.8, 4) is 17.2 Å². The minimum atomic E-state index is -1.15. The predicted molar refractivity (Wildman–Crippen MR) is 70.7 cm³/mol. The van der Waals surface area contributed by atoms with E-state index in [0.717, 1.165) is 0 Å². The van der Waals surface area contributed by atoms with Crippen molar-refractivity contribution in [3.63, 3.8) is 0 Å². The summed E-state index contributed by atoms with van der Waals surface area (Å²) in [4.78, 5) is 11.2. The first-order valence-electron chi connectivity index (χ1n) is 5.35. The summed E-state index contributed by atoms with van der Waals surface area (Å²) in [6.45, 7) is 0.452. The number of aromatic nitrogens is 1. The number of carbonyl (C=O) groups is 1. The lowest BCUT2D eigenvalue weighted by atomic mass is 10.1. The first kappa shape index (κ1) is 15.0. The monoisotopic (exact) mass is 284 g/mol. The van der Waals surface area contributed by atoms with Crippen LogP contribution in [-0.2, 0) is 0 Å². The summed E-state index contributed by atoms with van der Waals surface area (Å²) in [5.74, 6) is -1.02. The summed E-state index contributed by atoms with van der Waals surface area (Å²) in [5, 5.41) is 12.8. The van der Waals surface area contributed by atoms with Crippen LogP contribution in [0.25, 0.3) is 11.3 Å². The van der Waals surface area contributed by atoms with Crippen LogP contribution in [0.15, 0.2) is 34.9 Å². The Bertz CT molecular complexity index is 542. The molecule has 0 unspecified atom stereocenters. The van der Waals surface area contributed by atoms with Crippen LogP contribution in [0.2, 0.25) is 0 Å². The zero-order chi connectivity index (χ0) is 13.0. The molecule has 0 fully saturated rings. The van der Waals surface area contributed by atoms with Gasteiger partial charge in [0.15, 0.2) is 11.3 Å². The first-order chi connectivity index (χ1) is 8.74. The minimum Gasteiger partial charge on any atom is -0.477 e. The van der Waals surface area contributed by atoms with Gasteiger partial charge >= 0.3 is 5.97 Å². The van der Waals surface area contributed by atoms with Gasteiger partial charge in [0, 0.05) is 12.1 Å². The van der Waals surface area contributed by atoms with Gasteiger partial charge < -0.3 is 20.1 Å². The molecule has 0 radical (unpaired) electrons. The van der Waals surface area contributed by atoms with Crippen molar-refractivity contribution in [1.82, 2.24) is 5.16 Å². The molecule has 2 aromatic rings. The summed E-state index contributed by atoms with van der Waals surface area (Å²) in [6, 6.07) is 8.86. The maximum atomic E-state index is 11.2. The summed E-state index contributed by atoms with van der Waals surface area (Å²) >= 11 is 0. The third-order valence-corrected chi connectivity index (χ3v) is 2.27. The second-order valence-electron chi connectivity index (χ2n) is 3.50. The van der Waals surface area contributed by atoms with Gasteiger partial charge in [0.25, 0.3) is 5.88 Å². The molecule has 2 rings (SSSR count). The molecule has 19 heavy (non-hydrogen) atoms. The van der Waals surface area contributed by atoms with Crippen molar-refractivity contribution < 1.29 is 19.2 Å². The third-order valence-electron chi connectivity index (χ3n) is 2.27. The van der Waals surface area contributed by atoms with Gasteiger partial charge in [0.2, 0.25) is 0 Å². The second kappa shape index (κ2) is 6.77. The van der Waals surface area contributed by atoms with Crippen molar-refractivity contribution in [2.75, 3.05) is 13.2 Å². The molecule has 0 atom stereocenters. The molecule has 102 valence electrons. The van der Waals surface area contributed by atoms with Crippen molar-refractivity contribution in [2.45, 2.75) is 0 Å². The predicted octanol–water partition coefficient (Wildman–Crippen LogP) is 1.80. The van der Waals surface area contributed by atoms with E-state index in [9.17, 15) is 9.90 Å². The Morgan fingerprint density at radius 1 is 1.37 bits per heavy atom. The normalized spacial score (nSPS) is 9.74. The summed E-state index contributed by atoms with van der Waals surface area (Å²) in [6.07, 6.45) is 0. The van der Waals surface area contributed by atoms with Crippen molar-refractivity contribution in [2.24, 2.45) is 5.73 Å². The number of nitrogens with zero attached hydrogens (tertiary/aromatic N) is 1. The van der Waals surface area contributed by atoms with Gasteiger partial charge in [0.1, 0.15) is 6.61 Å². The third kappa shape index (κ3) is 3.24. The van der Waals surface area contributed by atoms with Gasteiger partial charge in [-0.15, -0.1) is 12.4 Å². The largest absolute Gasteiger partial charge is 0.477 e. The number of carboxylic acids is 1. The topological polar surface area (TPSA) is 98.6 Å². The second-order valence-corrected chi connectivity index (χ2v) is 3.50. The molecule has 1 heterocycles. The van der Waals surface area contributed by atoms with Crippen molar-refractivity contribution in [1.29, 1.82) is 0 Å². The minimum absolute atomic E-state index is 0. The summed E-state index contributed by atoms with van der Waals surface area (Å²) in [5.41, 5.74) is 5.83. The standard InChI is InChI=1S/C12H12N2O4.ClH/c13-6-7-17-11-9(12(15)16)10(18-14-11)8-4-2-1-3-5-8;/h1-5H,6-7,13H2,(H,15,16);1H. The molecule has 0 aliphatic rings. The number of hydrogen-bond donors (Lipinski definition) is 2. The number of rotatable bonds is 5. The lowest BCUT2D eigenvalue weighted by Crippen LogP contribution is -2.12. The quantitative estimate of drug-likeness (QED) is 0.868. The Labute approximate surface area is 115 Å². The molecule has 0 bridgehead atoms. The number of carboxylic acid groups (broad SMARTS) is 1. The number of nitrogens with two attached hydrogens (primary N) is 1. The van der Waals surface area contributed by atoms with Gasteiger partial charge in [0.05, 0.1) is 0 Å². The molecule has 0 saturated heterocycles. The lowest BCUT2D eigenvalue weighted by molar-refractivity contribution is 0.0693. The summed E-state index contributed by atoms with van der Waals surface area (Å²) < 4.78 is 10.2. The Hall–Kier alpha value is -2.05. The van der Waals surface area contributed by atoms with Crippen molar-refractivity contribution in [3.05, 3.63) is 35.9 Å². The van der Waals surface area contributed by atoms with E-state index in [1.54, 1.807) is 24.3 Å². The lowest BCUT2D eigenvalue weighted by Gasteiger charge is -2.01. The van der Waals surface area contributed by atoms with E-state index < -0.39 is 5.97 Å². The number of halogens is 1. The Morgan fingerprint density at radius 2 is 2.05 bits per heavy atom. The highest BCUT2D eigenvalue weighted by molar-refractivity contribution is 5.96. The smallest absolute Gasteiger partial charge is 0.345 e. The molecule has 1 aromatic heterocycles. The average Bonchev–Trinajstić information content (AvgIpc) is 2.81. The van der Waals surface area contributed by atoms with E-state index in [-0.39, 0.29) is 42.8 Å². The average molecular weight is 285 g/mol. The van der Waals surface area contributed by atoms with Gasteiger partial charge in [-0.3, -0.25) is 0 Å². The molecule has 6 nitrogen and oxygen atoms in total. The van der Waals surface area contributed by atoms with Crippen molar-refractivity contribution >= 4 is 18.4 Å². The molecule has 0 amide bonds. The van der Waals surface area contributed by atoms with Gasteiger partial charge in [-0.25, -0.2) is 4.79 Å². The molecule has 0 aliphatic heterocycles. The number of aromatic carboxylic acids is 1. The number of hydrogen-bond acceptors (Lipinski definition) is 5. The summed E-state index contributed by atoms with van der Waals surface area (Å²) in [7, 11) is 0. The molecule has 0 aliphatic carbocycles. The van der Waals surface area contributed by atoms with Crippen LogP contribution >= 0.6 is 12.4 Å². The highest BCUT2D eigenvalue weighted by Crippen LogP contribution is 2.30. The molecule has 3 N–H and O–H groups in total. The van der Waals surface area contributed by atoms with E-state index in [2.05, 4.69) is 5.16 Å². The fraction of sp³-hybridized carbons (Fsp3) is 0.167. The maximum Gasteiger partial charge on any atom is 0.345 e. The van der Waals surface area contributed by atoms with Crippen LogP contribution in [-0.4, -0.2) is 29.4 Å². The highest BCUT2D eigenvalue weighted by atomic mass is 35.5. The highest BCUT2D eigenvalue weighted by Gasteiger charge is 2.24. The molecule has 7 heteroatoms. The van der Waals surface area contributed by atoms with Gasteiger partial charge in [-0.1, -0.05) is 30.3 Å². The van der Waals surface area contributed by atoms with Crippen LogP contribution in [0.1, 0.15) is 10.4 Å². The Balaban J connectivity index is 0.00000180. The van der Waals surface area contributed by atoms with Crippen LogP contribution in [0.4, 0.5) is 0 Å². The molecular formula is C12H13ClN2O4. The Kier molecular flexibility index (Phi) is 5.35. The molecular weight excluding hydrogens is 272 g/mol. The van der Waals surface area contributed by atoms with E-state index in [4.69, 9.17) is 15.0 Å². The zero-order valence-electron chi connectivity index (χ0n) is 9.91. The van der Waals surface area contributed by atoms with Gasteiger partial charge in [-0.05, 0) is 5.16 Å². The number of ether oxygens (including phenoxy) is 1. The fourth-order valence-electron chi connectivity index (χ4n) is 1.50. The van der Waals surface area contributed by atoms with Crippen LogP contribution in [0.3, 0.4) is 0 Å². The fourth-order valence-corrected chi connectivity index (χ4v) is 1.50. The van der Waals surface area contributed by atoms with Gasteiger partial charge in [-0.2, -0.15) is 0 Å². The van der Waals surface area contributed by atoms with E-state index >= 15 is 0 Å². The molecule has 0 spiro atoms. The first-order valence-corrected chi connectivity index (χ1v) is 5.35. The molecule has 0 saturated carbocycles.